The fourth-order valence-electron chi connectivity index (χ4n) is 2.44. The van der Waals surface area contributed by atoms with E-state index in [-0.39, 0.29) is 0 Å². The maximum absolute atomic E-state index is 6.02. The molecule has 0 bridgehead atoms. The Balaban J connectivity index is 1.69. The molecule has 0 unspecified atom stereocenters. The molecule has 1 N–H and O–H groups in total. The lowest BCUT2D eigenvalue weighted by atomic mass is 10.1. The first kappa shape index (κ1) is 14.2. The summed E-state index contributed by atoms with van der Waals surface area (Å²) in [6, 6.07) is 15.5. The Morgan fingerprint density at radius 2 is 1.95 bits per heavy atom. The number of hydrogen-bond donors (Lipinski definition) is 1. The first-order valence-electron chi connectivity index (χ1n) is 7.84. The number of benzene rings is 2. The molecule has 1 aliphatic carbocycles. The Bertz CT molecular complexity index is 617. The SMILES string of the molecule is CCc1cccc(Oc2ccc(CNC3CC3)cc2C)c1. The average Bonchev–Trinajstić information content (AvgIpc) is 3.32. The summed E-state index contributed by atoms with van der Waals surface area (Å²) in [5.41, 5.74) is 3.82. The summed E-state index contributed by atoms with van der Waals surface area (Å²) in [5, 5.41) is 3.54. The van der Waals surface area contributed by atoms with Crippen LogP contribution in [0.25, 0.3) is 0 Å². The van der Waals surface area contributed by atoms with Crippen molar-refractivity contribution in [3.8, 4) is 11.5 Å². The van der Waals surface area contributed by atoms with E-state index in [1.807, 2.05) is 6.07 Å². The highest BCUT2D eigenvalue weighted by Crippen LogP contribution is 2.27. The van der Waals surface area contributed by atoms with Gasteiger partial charge in [-0.2, -0.15) is 0 Å². The maximum Gasteiger partial charge on any atom is 0.130 e. The van der Waals surface area contributed by atoms with E-state index in [0.29, 0.717) is 0 Å². The van der Waals surface area contributed by atoms with E-state index in [1.54, 1.807) is 0 Å². The summed E-state index contributed by atoms with van der Waals surface area (Å²) >= 11 is 0. The molecule has 1 fully saturated rings. The van der Waals surface area contributed by atoms with E-state index >= 15 is 0 Å². The molecule has 3 rings (SSSR count). The first-order chi connectivity index (χ1) is 10.2. The van der Waals surface area contributed by atoms with Crippen LogP contribution in [0.1, 0.15) is 36.5 Å². The average molecular weight is 281 g/mol. The van der Waals surface area contributed by atoms with Gasteiger partial charge in [0.05, 0.1) is 0 Å². The van der Waals surface area contributed by atoms with E-state index in [9.17, 15) is 0 Å². The molecule has 0 heterocycles. The second-order valence-corrected chi connectivity index (χ2v) is 5.86. The molecule has 0 amide bonds. The Morgan fingerprint density at radius 3 is 2.67 bits per heavy atom. The van der Waals surface area contributed by atoms with Gasteiger partial charge in [-0.15, -0.1) is 0 Å². The first-order valence-corrected chi connectivity index (χ1v) is 7.84. The predicted molar refractivity (Wildman–Crippen MR) is 86.9 cm³/mol. The minimum absolute atomic E-state index is 0.748. The second kappa shape index (κ2) is 6.31. The van der Waals surface area contributed by atoms with Gasteiger partial charge in [-0.1, -0.05) is 31.2 Å². The van der Waals surface area contributed by atoms with Crippen LogP contribution in [0, 0.1) is 6.92 Å². The predicted octanol–water partition coefficient (Wildman–Crippen LogP) is 4.60. The quantitative estimate of drug-likeness (QED) is 0.835. The summed E-state index contributed by atoms with van der Waals surface area (Å²) in [5.74, 6) is 1.86. The monoisotopic (exact) mass is 281 g/mol. The second-order valence-electron chi connectivity index (χ2n) is 5.86. The van der Waals surface area contributed by atoms with E-state index in [1.165, 1.54) is 29.5 Å². The van der Waals surface area contributed by atoms with Crippen LogP contribution in [-0.2, 0) is 13.0 Å². The summed E-state index contributed by atoms with van der Waals surface area (Å²) < 4.78 is 6.02. The van der Waals surface area contributed by atoms with Crippen molar-refractivity contribution in [3.05, 3.63) is 59.2 Å². The third-order valence-corrected chi connectivity index (χ3v) is 3.95. The largest absolute Gasteiger partial charge is 0.457 e. The Kier molecular flexibility index (Phi) is 4.26. The molecule has 0 radical (unpaired) electrons. The summed E-state index contributed by atoms with van der Waals surface area (Å²) in [4.78, 5) is 0. The molecular formula is C19H23NO. The van der Waals surface area contributed by atoms with E-state index in [4.69, 9.17) is 4.74 Å². The van der Waals surface area contributed by atoms with E-state index < -0.39 is 0 Å². The molecule has 0 aromatic heterocycles. The zero-order chi connectivity index (χ0) is 14.7. The summed E-state index contributed by atoms with van der Waals surface area (Å²) in [7, 11) is 0. The van der Waals surface area contributed by atoms with Crippen molar-refractivity contribution >= 4 is 0 Å². The normalized spacial score (nSPS) is 14.2. The van der Waals surface area contributed by atoms with Crippen LogP contribution in [0.5, 0.6) is 11.5 Å². The maximum atomic E-state index is 6.02. The van der Waals surface area contributed by atoms with Crippen molar-refractivity contribution in [2.75, 3.05) is 0 Å². The van der Waals surface area contributed by atoms with Crippen LogP contribution in [0.3, 0.4) is 0 Å². The molecule has 21 heavy (non-hydrogen) atoms. The van der Waals surface area contributed by atoms with Gasteiger partial charge >= 0.3 is 0 Å². The van der Waals surface area contributed by atoms with Crippen molar-refractivity contribution in [1.82, 2.24) is 5.32 Å². The van der Waals surface area contributed by atoms with Crippen molar-refractivity contribution < 1.29 is 4.74 Å². The van der Waals surface area contributed by atoms with Crippen LogP contribution in [0.4, 0.5) is 0 Å². The third kappa shape index (κ3) is 3.85. The molecular weight excluding hydrogens is 258 g/mol. The Morgan fingerprint density at radius 1 is 1.10 bits per heavy atom. The molecule has 0 spiro atoms. The molecule has 2 nitrogen and oxygen atoms in total. The highest BCUT2D eigenvalue weighted by atomic mass is 16.5. The van der Waals surface area contributed by atoms with Crippen molar-refractivity contribution in [2.24, 2.45) is 0 Å². The van der Waals surface area contributed by atoms with Gasteiger partial charge in [-0.25, -0.2) is 0 Å². The third-order valence-electron chi connectivity index (χ3n) is 3.95. The molecule has 0 saturated heterocycles. The van der Waals surface area contributed by atoms with Gasteiger partial charge in [0.1, 0.15) is 11.5 Å². The Hall–Kier alpha value is -1.80. The smallest absolute Gasteiger partial charge is 0.130 e. The number of hydrogen-bond acceptors (Lipinski definition) is 2. The molecule has 2 heteroatoms. The van der Waals surface area contributed by atoms with Gasteiger partial charge in [0, 0.05) is 12.6 Å². The molecule has 1 saturated carbocycles. The lowest BCUT2D eigenvalue weighted by Gasteiger charge is -2.11. The fraction of sp³-hybridized carbons (Fsp3) is 0.368. The number of aryl methyl sites for hydroxylation is 2. The molecule has 0 aliphatic heterocycles. The lowest BCUT2D eigenvalue weighted by Crippen LogP contribution is -2.15. The van der Waals surface area contributed by atoms with Crippen LogP contribution >= 0.6 is 0 Å². The molecule has 1 aliphatic rings. The van der Waals surface area contributed by atoms with Crippen LogP contribution in [0.15, 0.2) is 42.5 Å². The Labute approximate surface area is 127 Å². The van der Waals surface area contributed by atoms with Crippen molar-refractivity contribution in [1.29, 1.82) is 0 Å². The lowest BCUT2D eigenvalue weighted by molar-refractivity contribution is 0.478. The van der Waals surface area contributed by atoms with E-state index in [2.05, 4.69) is 55.6 Å². The molecule has 110 valence electrons. The van der Waals surface area contributed by atoms with Gasteiger partial charge in [0.25, 0.3) is 0 Å². The number of ether oxygens (including phenoxy) is 1. The number of rotatable bonds is 6. The highest BCUT2D eigenvalue weighted by molar-refractivity contribution is 5.40. The zero-order valence-corrected chi connectivity index (χ0v) is 12.9. The van der Waals surface area contributed by atoms with Gasteiger partial charge < -0.3 is 10.1 Å². The highest BCUT2D eigenvalue weighted by Gasteiger charge is 2.19. The van der Waals surface area contributed by atoms with Gasteiger partial charge in [0.15, 0.2) is 0 Å². The minimum atomic E-state index is 0.748. The summed E-state index contributed by atoms with van der Waals surface area (Å²) in [6.07, 6.45) is 3.68. The summed E-state index contributed by atoms with van der Waals surface area (Å²) in [6.45, 7) is 5.22. The van der Waals surface area contributed by atoms with Gasteiger partial charge in [0.2, 0.25) is 0 Å². The van der Waals surface area contributed by atoms with Crippen molar-refractivity contribution in [3.63, 3.8) is 0 Å². The number of nitrogens with one attached hydrogen (secondary N) is 1. The topological polar surface area (TPSA) is 21.3 Å². The molecule has 2 aromatic carbocycles. The van der Waals surface area contributed by atoms with E-state index in [0.717, 1.165) is 30.5 Å². The zero-order valence-electron chi connectivity index (χ0n) is 12.9. The minimum Gasteiger partial charge on any atom is -0.457 e. The van der Waals surface area contributed by atoms with Gasteiger partial charge in [-0.3, -0.25) is 0 Å². The molecule has 0 atom stereocenters. The molecule has 2 aromatic rings. The van der Waals surface area contributed by atoms with Crippen molar-refractivity contribution in [2.45, 2.75) is 45.7 Å². The van der Waals surface area contributed by atoms with Crippen LogP contribution in [0.2, 0.25) is 0 Å². The fourth-order valence-corrected chi connectivity index (χ4v) is 2.44. The van der Waals surface area contributed by atoms with Crippen LogP contribution < -0.4 is 10.1 Å². The van der Waals surface area contributed by atoms with Crippen LogP contribution in [-0.4, -0.2) is 6.04 Å². The standard InChI is InChI=1S/C19H23NO/c1-3-15-5-4-6-18(12-15)21-19-10-7-16(11-14(19)2)13-20-17-8-9-17/h4-7,10-12,17,20H,3,8-9,13H2,1-2H3. The van der Waals surface area contributed by atoms with Gasteiger partial charge in [-0.05, 0) is 61.1 Å².